The van der Waals surface area contributed by atoms with Gasteiger partial charge in [0.1, 0.15) is 16.9 Å². The molecule has 0 radical (unpaired) electrons. The van der Waals surface area contributed by atoms with Crippen LogP contribution in [0.4, 0.5) is 5.69 Å². The highest BCUT2D eigenvalue weighted by Crippen LogP contribution is 2.29. The van der Waals surface area contributed by atoms with Gasteiger partial charge < -0.3 is 19.4 Å². The van der Waals surface area contributed by atoms with Crippen LogP contribution < -0.4 is 5.32 Å². The van der Waals surface area contributed by atoms with Crippen molar-refractivity contribution >= 4 is 40.9 Å². The lowest BCUT2D eigenvalue weighted by Crippen LogP contribution is -2.35. The Balaban J connectivity index is 1.67. The standard InChI is InChI=1S/C21H25N3O6/c1-3-13(24-11-5-8-18(24)27)6-4-7-17(26)23-20-16(12-25)30-15-10-9-14(21(28)29-2)22-19(15)20/h9-10,12-13H,3-8,11H2,1-2H3,(H,23,26). The van der Waals surface area contributed by atoms with Gasteiger partial charge in [0.05, 0.1) is 7.11 Å². The number of pyridine rings is 1. The molecular formula is C21H25N3O6. The number of carbonyl (C=O) groups excluding carboxylic acids is 4. The molecule has 1 fully saturated rings. The third-order valence-corrected chi connectivity index (χ3v) is 5.29. The predicted octanol–water partition coefficient (Wildman–Crippen LogP) is 2.94. The van der Waals surface area contributed by atoms with Crippen molar-refractivity contribution in [3.8, 4) is 0 Å². The summed E-state index contributed by atoms with van der Waals surface area (Å²) in [6.07, 6.45) is 4.36. The SMILES string of the molecule is CCC(CCCC(=O)Nc1c(C=O)oc2ccc(C(=O)OC)nc12)N1CCCC1=O. The number of nitrogens with zero attached hydrogens (tertiary/aromatic N) is 2. The summed E-state index contributed by atoms with van der Waals surface area (Å²) >= 11 is 0. The summed E-state index contributed by atoms with van der Waals surface area (Å²) in [5.74, 6) is -0.819. The molecule has 160 valence electrons. The number of hydrogen-bond donors (Lipinski definition) is 1. The number of nitrogens with one attached hydrogen (secondary N) is 1. The number of rotatable bonds is 9. The van der Waals surface area contributed by atoms with Gasteiger partial charge in [0.15, 0.2) is 17.6 Å². The van der Waals surface area contributed by atoms with Crippen LogP contribution in [0.1, 0.15) is 66.5 Å². The van der Waals surface area contributed by atoms with Crippen molar-refractivity contribution in [1.29, 1.82) is 0 Å². The van der Waals surface area contributed by atoms with Crippen molar-refractivity contribution in [2.24, 2.45) is 0 Å². The number of fused-ring (bicyclic) bond motifs is 1. The summed E-state index contributed by atoms with van der Waals surface area (Å²) < 4.78 is 10.1. The van der Waals surface area contributed by atoms with E-state index in [1.165, 1.54) is 19.2 Å². The summed E-state index contributed by atoms with van der Waals surface area (Å²) in [6, 6.07) is 3.05. The van der Waals surface area contributed by atoms with Crippen LogP contribution in [0.2, 0.25) is 0 Å². The number of anilines is 1. The van der Waals surface area contributed by atoms with Gasteiger partial charge in [-0.1, -0.05) is 6.92 Å². The molecule has 0 spiro atoms. The van der Waals surface area contributed by atoms with E-state index in [9.17, 15) is 19.2 Å². The molecule has 2 aromatic heterocycles. The molecule has 2 amide bonds. The van der Waals surface area contributed by atoms with Gasteiger partial charge >= 0.3 is 5.97 Å². The number of furan rings is 1. The minimum atomic E-state index is -0.634. The zero-order valence-electron chi connectivity index (χ0n) is 17.1. The molecule has 0 saturated carbocycles. The van der Waals surface area contributed by atoms with E-state index in [1.807, 2.05) is 11.8 Å². The maximum Gasteiger partial charge on any atom is 0.356 e. The third kappa shape index (κ3) is 4.50. The summed E-state index contributed by atoms with van der Waals surface area (Å²) in [7, 11) is 1.24. The second kappa shape index (κ2) is 9.51. The molecule has 30 heavy (non-hydrogen) atoms. The van der Waals surface area contributed by atoms with Crippen molar-refractivity contribution in [3.63, 3.8) is 0 Å². The summed E-state index contributed by atoms with van der Waals surface area (Å²) in [4.78, 5) is 53.6. The molecule has 2 aromatic rings. The number of aldehydes is 1. The van der Waals surface area contributed by atoms with Gasteiger partial charge in [-0.2, -0.15) is 0 Å². The van der Waals surface area contributed by atoms with Gasteiger partial charge in [-0.05, 0) is 37.8 Å². The minimum absolute atomic E-state index is 0.0415. The van der Waals surface area contributed by atoms with E-state index in [2.05, 4.69) is 15.0 Å². The molecule has 1 saturated heterocycles. The molecule has 0 bridgehead atoms. The largest absolute Gasteiger partial charge is 0.464 e. The highest BCUT2D eigenvalue weighted by atomic mass is 16.5. The first-order valence-electron chi connectivity index (χ1n) is 10.0. The number of methoxy groups -OCH3 is 1. The highest BCUT2D eigenvalue weighted by Gasteiger charge is 2.26. The Morgan fingerprint density at radius 2 is 2.20 bits per heavy atom. The van der Waals surface area contributed by atoms with Gasteiger partial charge in [0.25, 0.3) is 0 Å². The van der Waals surface area contributed by atoms with Crippen LogP contribution >= 0.6 is 0 Å². The van der Waals surface area contributed by atoms with Crippen molar-refractivity contribution < 1.29 is 28.3 Å². The Morgan fingerprint density at radius 1 is 1.40 bits per heavy atom. The highest BCUT2D eigenvalue weighted by molar-refractivity contribution is 6.05. The second-order valence-corrected chi connectivity index (χ2v) is 7.19. The molecule has 1 atom stereocenters. The number of esters is 1. The van der Waals surface area contributed by atoms with Gasteiger partial charge in [-0.3, -0.25) is 14.4 Å². The summed E-state index contributed by atoms with van der Waals surface area (Å²) in [6.45, 7) is 2.82. The van der Waals surface area contributed by atoms with Gasteiger partial charge in [0, 0.05) is 25.4 Å². The van der Waals surface area contributed by atoms with Crippen LogP contribution in [-0.2, 0) is 14.3 Å². The zero-order valence-corrected chi connectivity index (χ0v) is 17.1. The molecule has 1 aliphatic heterocycles. The molecule has 1 unspecified atom stereocenters. The maximum atomic E-state index is 12.5. The molecule has 0 aromatic carbocycles. The normalized spacial score (nSPS) is 14.7. The van der Waals surface area contributed by atoms with Crippen molar-refractivity contribution in [2.45, 2.75) is 51.5 Å². The van der Waals surface area contributed by atoms with Crippen LogP contribution in [0.25, 0.3) is 11.1 Å². The Hall–Kier alpha value is -3.23. The number of hydrogen-bond acceptors (Lipinski definition) is 7. The van der Waals surface area contributed by atoms with Gasteiger partial charge in [0.2, 0.25) is 11.8 Å². The summed E-state index contributed by atoms with van der Waals surface area (Å²) in [5, 5.41) is 2.68. The van der Waals surface area contributed by atoms with E-state index in [4.69, 9.17) is 4.42 Å². The van der Waals surface area contributed by atoms with E-state index >= 15 is 0 Å². The molecule has 1 N–H and O–H groups in total. The van der Waals surface area contributed by atoms with Gasteiger partial charge in [-0.15, -0.1) is 0 Å². The average Bonchev–Trinajstić information content (AvgIpc) is 3.33. The van der Waals surface area contributed by atoms with Crippen LogP contribution in [-0.4, -0.2) is 53.7 Å². The Labute approximate surface area is 173 Å². The number of carbonyl (C=O) groups is 4. The number of ether oxygens (including phenoxy) is 1. The van der Waals surface area contributed by atoms with E-state index in [0.29, 0.717) is 19.1 Å². The summed E-state index contributed by atoms with van der Waals surface area (Å²) in [5.41, 5.74) is 0.665. The fourth-order valence-electron chi connectivity index (χ4n) is 3.75. The molecule has 0 aliphatic carbocycles. The fraction of sp³-hybridized carbons (Fsp3) is 0.476. The van der Waals surface area contributed by atoms with Crippen LogP contribution in [0.15, 0.2) is 16.5 Å². The lowest BCUT2D eigenvalue weighted by molar-refractivity contribution is -0.129. The second-order valence-electron chi connectivity index (χ2n) is 7.19. The first-order valence-corrected chi connectivity index (χ1v) is 10.0. The van der Waals surface area contributed by atoms with Crippen molar-refractivity contribution in [2.75, 3.05) is 19.0 Å². The number of amides is 2. The Morgan fingerprint density at radius 3 is 2.83 bits per heavy atom. The average molecular weight is 415 g/mol. The van der Waals surface area contributed by atoms with E-state index in [1.54, 1.807) is 0 Å². The van der Waals surface area contributed by atoms with Crippen LogP contribution in [0.5, 0.6) is 0 Å². The molecule has 3 heterocycles. The van der Waals surface area contributed by atoms with Gasteiger partial charge in [-0.25, -0.2) is 9.78 Å². The minimum Gasteiger partial charge on any atom is -0.464 e. The zero-order chi connectivity index (χ0) is 21.7. The topological polar surface area (TPSA) is 119 Å². The fourth-order valence-corrected chi connectivity index (χ4v) is 3.75. The van der Waals surface area contributed by atoms with Crippen LogP contribution in [0, 0.1) is 0 Å². The monoisotopic (exact) mass is 415 g/mol. The van der Waals surface area contributed by atoms with Crippen LogP contribution in [0.3, 0.4) is 0 Å². The smallest absolute Gasteiger partial charge is 0.356 e. The molecule has 9 nitrogen and oxygen atoms in total. The Bertz CT molecular complexity index is 967. The first-order chi connectivity index (χ1) is 14.5. The molecular weight excluding hydrogens is 390 g/mol. The third-order valence-electron chi connectivity index (χ3n) is 5.29. The van der Waals surface area contributed by atoms with Crippen molar-refractivity contribution in [3.05, 3.63) is 23.6 Å². The molecule has 9 heteroatoms. The Kier molecular flexibility index (Phi) is 6.81. The quantitative estimate of drug-likeness (QED) is 0.494. The predicted molar refractivity (Wildman–Crippen MR) is 108 cm³/mol. The molecule has 1 aliphatic rings. The number of likely N-dealkylation sites (tertiary alicyclic amines) is 1. The lowest BCUT2D eigenvalue weighted by atomic mass is 10.1. The van der Waals surface area contributed by atoms with Crippen molar-refractivity contribution in [1.82, 2.24) is 9.88 Å². The molecule has 3 rings (SSSR count). The maximum absolute atomic E-state index is 12.5. The van der Waals surface area contributed by atoms with E-state index in [-0.39, 0.29) is 52.5 Å². The van der Waals surface area contributed by atoms with E-state index < -0.39 is 5.97 Å². The first kappa shape index (κ1) is 21.5. The number of aromatic nitrogens is 1. The lowest BCUT2D eigenvalue weighted by Gasteiger charge is -2.26. The van der Waals surface area contributed by atoms with E-state index in [0.717, 1.165) is 25.8 Å².